The SMILES string of the molecule is COc1nc(N)ncc1-c1nc(OC2CCOCC2)cc(N2CCOCC2)n1. The fourth-order valence-electron chi connectivity index (χ4n) is 3.20. The fourth-order valence-corrected chi connectivity index (χ4v) is 3.20. The van der Waals surface area contributed by atoms with Crippen molar-refractivity contribution in [1.82, 2.24) is 19.9 Å². The second-order valence-electron chi connectivity index (χ2n) is 6.57. The van der Waals surface area contributed by atoms with Gasteiger partial charge >= 0.3 is 0 Å². The highest BCUT2D eigenvalue weighted by atomic mass is 16.5. The van der Waals surface area contributed by atoms with Crippen molar-refractivity contribution in [2.45, 2.75) is 18.9 Å². The number of rotatable bonds is 5. The molecule has 2 aliphatic heterocycles. The summed E-state index contributed by atoms with van der Waals surface area (Å²) in [5.41, 5.74) is 6.24. The number of nitrogens with two attached hydrogens (primary N) is 1. The molecule has 0 aromatic carbocycles. The number of methoxy groups -OCH3 is 1. The predicted octanol–water partition coefficient (Wildman–Crippen LogP) is 0.919. The van der Waals surface area contributed by atoms with Crippen LogP contribution in [0, 0.1) is 0 Å². The highest BCUT2D eigenvalue weighted by Gasteiger charge is 2.21. The van der Waals surface area contributed by atoms with Crippen molar-refractivity contribution in [2.75, 3.05) is 57.3 Å². The van der Waals surface area contributed by atoms with Gasteiger partial charge < -0.3 is 29.6 Å². The van der Waals surface area contributed by atoms with Crippen LogP contribution in [0.1, 0.15) is 12.8 Å². The van der Waals surface area contributed by atoms with Gasteiger partial charge in [-0.15, -0.1) is 0 Å². The molecule has 150 valence electrons. The average Bonchev–Trinajstić information content (AvgIpc) is 2.74. The molecule has 0 spiro atoms. The predicted molar refractivity (Wildman–Crippen MR) is 102 cm³/mol. The minimum atomic E-state index is 0.0682. The topological polar surface area (TPSA) is 118 Å². The molecular formula is C18H24N6O4. The molecule has 2 aliphatic rings. The Morgan fingerprint density at radius 3 is 2.57 bits per heavy atom. The zero-order valence-corrected chi connectivity index (χ0v) is 15.8. The molecule has 2 aromatic heterocycles. The fraction of sp³-hybridized carbons (Fsp3) is 0.556. The van der Waals surface area contributed by atoms with E-state index in [0.717, 1.165) is 31.7 Å². The third-order valence-corrected chi connectivity index (χ3v) is 4.69. The van der Waals surface area contributed by atoms with E-state index >= 15 is 0 Å². The molecule has 0 unspecified atom stereocenters. The van der Waals surface area contributed by atoms with Crippen LogP contribution in [0.2, 0.25) is 0 Å². The lowest BCUT2D eigenvalue weighted by Crippen LogP contribution is -2.37. The van der Waals surface area contributed by atoms with Crippen LogP contribution >= 0.6 is 0 Å². The van der Waals surface area contributed by atoms with E-state index in [2.05, 4.69) is 19.9 Å². The van der Waals surface area contributed by atoms with Crippen LogP contribution in [0.4, 0.5) is 11.8 Å². The standard InChI is InChI=1S/C18H24N6O4/c1-25-17-13(11-20-18(19)23-17)16-21-14(24-4-8-27-9-5-24)10-15(22-16)28-12-2-6-26-7-3-12/h10-12H,2-9H2,1H3,(H2,19,20,23). The molecular weight excluding hydrogens is 364 g/mol. The minimum Gasteiger partial charge on any atom is -0.480 e. The molecule has 2 saturated heterocycles. The lowest BCUT2D eigenvalue weighted by molar-refractivity contribution is 0.0237. The number of morpholine rings is 1. The number of nitrogens with zero attached hydrogens (tertiary/aromatic N) is 5. The van der Waals surface area contributed by atoms with Crippen molar-refractivity contribution in [3.8, 4) is 23.1 Å². The van der Waals surface area contributed by atoms with Gasteiger partial charge in [0.25, 0.3) is 0 Å². The first-order valence-electron chi connectivity index (χ1n) is 9.36. The van der Waals surface area contributed by atoms with Crippen LogP contribution in [0.3, 0.4) is 0 Å². The Morgan fingerprint density at radius 2 is 1.82 bits per heavy atom. The molecule has 4 heterocycles. The van der Waals surface area contributed by atoms with Crippen molar-refractivity contribution in [2.24, 2.45) is 0 Å². The molecule has 2 aromatic rings. The first kappa shape index (κ1) is 18.6. The van der Waals surface area contributed by atoms with E-state index in [1.54, 1.807) is 6.20 Å². The van der Waals surface area contributed by atoms with Crippen molar-refractivity contribution < 1.29 is 18.9 Å². The summed E-state index contributed by atoms with van der Waals surface area (Å²) in [5, 5.41) is 0. The Kier molecular flexibility index (Phi) is 5.68. The Balaban J connectivity index is 1.70. The van der Waals surface area contributed by atoms with Gasteiger partial charge in [-0.2, -0.15) is 9.97 Å². The minimum absolute atomic E-state index is 0.0682. The van der Waals surface area contributed by atoms with Gasteiger partial charge in [0.1, 0.15) is 17.5 Å². The Bertz CT molecular complexity index is 809. The number of nitrogen functional groups attached to an aromatic ring is 1. The van der Waals surface area contributed by atoms with E-state index in [1.165, 1.54) is 7.11 Å². The van der Waals surface area contributed by atoms with Gasteiger partial charge in [0.15, 0.2) is 5.82 Å². The maximum Gasteiger partial charge on any atom is 0.229 e. The average molecular weight is 388 g/mol. The van der Waals surface area contributed by atoms with E-state index in [-0.39, 0.29) is 12.1 Å². The maximum absolute atomic E-state index is 6.15. The van der Waals surface area contributed by atoms with Gasteiger partial charge in [-0.05, 0) is 0 Å². The number of ether oxygens (including phenoxy) is 4. The molecule has 0 atom stereocenters. The lowest BCUT2D eigenvalue weighted by Gasteiger charge is -2.29. The second-order valence-corrected chi connectivity index (χ2v) is 6.57. The normalized spacial score (nSPS) is 18.1. The van der Waals surface area contributed by atoms with Crippen LogP contribution in [-0.4, -0.2) is 72.7 Å². The maximum atomic E-state index is 6.15. The monoisotopic (exact) mass is 388 g/mol. The third-order valence-electron chi connectivity index (χ3n) is 4.69. The summed E-state index contributed by atoms with van der Waals surface area (Å²) >= 11 is 0. The van der Waals surface area contributed by atoms with Gasteiger partial charge in [0, 0.05) is 38.2 Å². The van der Waals surface area contributed by atoms with Crippen LogP contribution in [-0.2, 0) is 9.47 Å². The third kappa shape index (κ3) is 4.23. The summed E-state index contributed by atoms with van der Waals surface area (Å²) in [4.78, 5) is 19.7. The zero-order chi connectivity index (χ0) is 19.3. The smallest absolute Gasteiger partial charge is 0.229 e. The lowest BCUT2D eigenvalue weighted by atomic mass is 10.1. The van der Waals surface area contributed by atoms with Gasteiger partial charge in [-0.3, -0.25) is 0 Å². The number of hydrogen-bond donors (Lipinski definition) is 1. The van der Waals surface area contributed by atoms with E-state index in [1.807, 2.05) is 6.07 Å². The highest BCUT2D eigenvalue weighted by Crippen LogP contribution is 2.30. The summed E-state index contributed by atoms with van der Waals surface area (Å²) in [5.74, 6) is 2.17. The summed E-state index contributed by atoms with van der Waals surface area (Å²) < 4.78 is 22.4. The molecule has 4 rings (SSSR count). The number of aromatic nitrogens is 4. The Morgan fingerprint density at radius 1 is 1.07 bits per heavy atom. The molecule has 0 radical (unpaired) electrons. The van der Waals surface area contributed by atoms with Crippen LogP contribution in [0.15, 0.2) is 12.3 Å². The van der Waals surface area contributed by atoms with Gasteiger partial charge in [-0.1, -0.05) is 0 Å². The second kappa shape index (κ2) is 8.53. The molecule has 0 bridgehead atoms. The molecule has 10 heteroatoms. The summed E-state index contributed by atoms with van der Waals surface area (Å²) in [7, 11) is 1.52. The van der Waals surface area contributed by atoms with Crippen LogP contribution < -0.4 is 20.1 Å². The van der Waals surface area contributed by atoms with Crippen LogP contribution in [0.5, 0.6) is 11.8 Å². The van der Waals surface area contributed by atoms with E-state index in [0.29, 0.717) is 49.6 Å². The first-order chi connectivity index (χ1) is 13.7. The van der Waals surface area contributed by atoms with Gasteiger partial charge in [0.05, 0.1) is 33.5 Å². The first-order valence-corrected chi connectivity index (χ1v) is 9.36. The quantitative estimate of drug-likeness (QED) is 0.792. The number of hydrogen-bond acceptors (Lipinski definition) is 10. The molecule has 0 saturated carbocycles. The Labute approximate surface area is 163 Å². The van der Waals surface area contributed by atoms with E-state index < -0.39 is 0 Å². The summed E-state index contributed by atoms with van der Waals surface area (Å²) in [6.45, 7) is 4.20. The highest BCUT2D eigenvalue weighted by molar-refractivity contribution is 5.64. The summed E-state index contributed by atoms with van der Waals surface area (Å²) in [6.07, 6.45) is 3.30. The van der Waals surface area contributed by atoms with Crippen LogP contribution in [0.25, 0.3) is 11.4 Å². The molecule has 10 nitrogen and oxygen atoms in total. The molecule has 2 fully saturated rings. The largest absolute Gasteiger partial charge is 0.480 e. The van der Waals surface area contributed by atoms with Crippen molar-refractivity contribution in [3.63, 3.8) is 0 Å². The molecule has 28 heavy (non-hydrogen) atoms. The molecule has 0 amide bonds. The van der Waals surface area contributed by atoms with Crippen molar-refractivity contribution in [1.29, 1.82) is 0 Å². The van der Waals surface area contributed by atoms with Crippen molar-refractivity contribution >= 4 is 11.8 Å². The summed E-state index contributed by atoms with van der Waals surface area (Å²) in [6, 6.07) is 1.87. The van der Waals surface area contributed by atoms with Crippen molar-refractivity contribution in [3.05, 3.63) is 12.3 Å². The zero-order valence-electron chi connectivity index (χ0n) is 15.8. The molecule has 0 aliphatic carbocycles. The molecule has 2 N–H and O–H groups in total. The number of anilines is 2. The van der Waals surface area contributed by atoms with Gasteiger partial charge in [-0.25, -0.2) is 9.97 Å². The van der Waals surface area contributed by atoms with E-state index in [4.69, 9.17) is 29.7 Å². The van der Waals surface area contributed by atoms with E-state index in [9.17, 15) is 0 Å². The Hall–Kier alpha value is -2.72. The van der Waals surface area contributed by atoms with Gasteiger partial charge in [0.2, 0.25) is 17.7 Å².